The van der Waals surface area contributed by atoms with Gasteiger partial charge in [0.25, 0.3) is 0 Å². The van der Waals surface area contributed by atoms with Crippen LogP contribution in [0.15, 0.2) is 41.6 Å². The molecule has 5 heteroatoms. The number of thioether (sulfide) groups is 1. The Hall–Kier alpha value is -1.21. The lowest BCUT2D eigenvalue weighted by Gasteiger charge is -2.03. The van der Waals surface area contributed by atoms with Crippen molar-refractivity contribution in [3.63, 3.8) is 0 Å². The number of aromatic nitrogens is 1. The van der Waals surface area contributed by atoms with Crippen LogP contribution < -0.4 is 0 Å². The normalized spacial score (nSPS) is 10.1. The van der Waals surface area contributed by atoms with Gasteiger partial charge >= 0.3 is 0 Å². The second-order valence-corrected chi connectivity index (χ2v) is 5.34. The zero-order valence-corrected chi connectivity index (χ0v) is 11.6. The van der Waals surface area contributed by atoms with Crippen molar-refractivity contribution in [2.75, 3.05) is 0 Å². The van der Waals surface area contributed by atoms with Gasteiger partial charge in [-0.15, -0.1) is 11.8 Å². The summed E-state index contributed by atoms with van der Waals surface area (Å²) in [5, 5.41) is 10.7. The molecule has 0 aliphatic rings. The molecule has 0 spiro atoms. The average molecular weight is 295 g/mol. The molecule has 0 amide bonds. The van der Waals surface area contributed by atoms with E-state index in [-0.39, 0.29) is 0 Å². The molecule has 0 bridgehead atoms. The van der Waals surface area contributed by atoms with E-state index in [1.807, 2.05) is 12.1 Å². The number of hydrogen-bond donors (Lipinski definition) is 0. The Morgan fingerprint density at radius 2 is 2.00 bits per heavy atom. The lowest BCUT2D eigenvalue weighted by Crippen LogP contribution is -1.85. The highest BCUT2D eigenvalue weighted by molar-refractivity contribution is 7.98. The van der Waals surface area contributed by atoms with Crippen molar-refractivity contribution in [2.24, 2.45) is 0 Å². The topological polar surface area (TPSA) is 36.7 Å². The highest BCUT2D eigenvalue weighted by Gasteiger charge is 2.02. The number of halogens is 2. The zero-order chi connectivity index (χ0) is 13.0. The predicted octanol–water partition coefficient (Wildman–Crippen LogP) is 4.55. The Morgan fingerprint density at radius 1 is 1.17 bits per heavy atom. The van der Waals surface area contributed by atoms with E-state index in [1.54, 1.807) is 36.2 Å². The third kappa shape index (κ3) is 3.39. The molecule has 0 unspecified atom stereocenters. The van der Waals surface area contributed by atoms with Crippen molar-refractivity contribution in [1.82, 2.24) is 4.98 Å². The first kappa shape index (κ1) is 13.2. The second-order valence-electron chi connectivity index (χ2n) is 3.53. The first-order valence-corrected chi connectivity index (χ1v) is 6.86. The number of rotatable bonds is 3. The number of nitriles is 1. The minimum absolute atomic E-state index is 0.550. The Morgan fingerprint density at radius 3 is 2.72 bits per heavy atom. The molecule has 0 saturated heterocycles. The molecule has 0 radical (unpaired) electrons. The first-order chi connectivity index (χ1) is 8.69. The fourth-order valence-electron chi connectivity index (χ4n) is 1.34. The first-order valence-electron chi connectivity index (χ1n) is 5.12. The largest absolute Gasteiger partial charge is 0.250 e. The molecule has 1 aromatic carbocycles. The van der Waals surface area contributed by atoms with Crippen LogP contribution in [0.2, 0.25) is 10.0 Å². The SMILES string of the molecule is N#Cc1ccnc(SCc2ccc(Cl)c(Cl)c2)c1. The summed E-state index contributed by atoms with van der Waals surface area (Å²) >= 11 is 13.3. The number of pyridine rings is 1. The van der Waals surface area contributed by atoms with E-state index in [0.717, 1.165) is 16.3 Å². The highest BCUT2D eigenvalue weighted by Crippen LogP contribution is 2.27. The van der Waals surface area contributed by atoms with Gasteiger partial charge in [-0.3, -0.25) is 0 Å². The lowest BCUT2D eigenvalue weighted by molar-refractivity contribution is 1.12. The van der Waals surface area contributed by atoms with Crippen molar-refractivity contribution in [3.05, 3.63) is 57.7 Å². The van der Waals surface area contributed by atoms with Crippen molar-refractivity contribution in [1.29, 1.82) is 5.26 Å². The van der Waals surface area contributed by atoms with Crippen LogP contribution in [0.3, 0.4) is 0 Å². The molecule has 90 valence electrons. The third-order valence-corrected chi connectivity index (χ3v) is 3.97. The summed E-state index contributed by atoms with van der Waals surface area (Å²) in [6, 6.07) is 11.1. The van der Waals surface area contributed by atoms with E-state index in [4.69, 9.17) is 28.5 Å². The maximum absolute atomic E-state index is 8.80. The van der Waals surface area contributed by atoms with Gasteiger partial charge in [0.05, 0.1) is 26.7 Å². The van der Waals surface area contributed by atoms with Gasteiger partial charge in [0, 0.05) is 11.9 Å². The fraction of sp³-hybridized carbons (Fsp3) is 0.0769. The van der Waals surface area contributed by atoms with Crippen LogP contribution in [0.4, 0.5) is 0 Å². The molecule has 2 rings (SSSR count). The third-order valence-electron chi connectivity index (χ3n) is 2.23. The molecule has 2 aromatic rings. The molecule has 0 saturated carbocycles. The Labute approximate surface area is 120 Å². The van der Waals surface area contributed by atoms with Crippen LogP contribution >= 0.6 is 35.0 Å². The summed E-state index contributed by atoms with van der Waals surface area (Å²) < 4.78 is 0. The summed E-state index contributed by atoms with van der Waals surface area (Å²) in [7, 11) is 0. The van der Waals surface area contributed by atoms with Crippen LogP contribution in [-0.4, -0.2) is 4.98 Å². The molecule has 2 nitrogen and oxygen atoms in total. The van der Waals surface area contributed by atoms with Crippen LogP contribution in [0, 0.1) is 11.3 Å². The molecule has 0 aliphatic carbocycles. The molecule has 1 aromatic heterocycles. The van der Waals surface area contributed by atoms with Crippen LogP contribution in [0.5, 0.6) is 0 Å². The van der Waals surface area contributed by atoms with Gasteiger partial charge in [0.15, 0.2) is 0 Å². The maximum atomic E-state index is 8.80. The molecule has 0 N–H and O–H groups in total. The average Bonchev–Trinajstić information content (AvgIpc) is 2.40. The minimum Gasteiger partial charge on any atom is -0.250 e. The lowest BCUT2D eigenvalue weighted by atomic mass is 10.2. The number of benzene rings is 1. The van der Waals surface area contributed by atoms with E-state index >= 15 is 0 Å². The van der Waals surface area contributed by atoms with E-state index in [9.17, 15) is 0 Å². The summed E-state index contributed by atoms with van der Waals surface area (Å²) in [4.78, 5) is 4.20. The summed E-state index contributed by atoms with van der Waals surface area (Å²) in [6.45, 7) is 0. The Balaban J connectivity index is 2.07. The van der Waals surface area contributed by atoms with Crippen LogP contribution in [0.1, 0.15) is 11.1 Å². The van der Waals surface area contributed by atoms with E-state index < -0.39 is 0 Å². The Kier molecular flexibility index (Phi) is 4.48. The quantitative estimate of drug-likeness (QED) is 0.779. The van der Waals surface area contributed by atoms with Gasteiger partial charge in [-0.25, -0.2) is 4.98 Å². The smallest absolute Gasteiger partial charge is 0.0993 e. The van der Waals surface area contributed by atoms with Gasteiger partial charge in [-0.2, -0.15) is 5.26 Å². The van der Waals surface area contributed by atoms with Gasteiger partial charge < -0.3 is 0 Å². The summed E-state index contributed by atoms with van der Waals surface area (Å²) in [5.74, 6) is 0.735. The van der Waals surface area contributed by atoms with Crippen molar-refractivity contribution in [2.45, 2.75) is 10.8 Å². The standard InChI is InChI=1S/C13H8Cl2N2S/c14-11-2-1-10(5-12(11)15)8-18-13-6-9(7-16)3-4-17-13/h1-6H,8H2. The maximum Gasteiger partial charge on any atom is 0.0993 e. The highest BCUT2D eigenvalue weighted by atomic mass is 35.5. The molecular weight excluding hydrogens is 287 g/mol. The van der Waals surface area contributed by atoms with Crippen LogP contribution in [-0.2, 0) is 5.75 Å². The van der Waals surface area contributed by atoms with Gasteiger partial charge in [0.1, 0.15) is 0 Å². The molecular formula is C13H8Cl2N2S. The zero-order valence-electron chi connectivity index (χ0n) is 9.23. The van der Waals surface area contributed by atoms with Crippen molar-refractivity contribution in [3.8, 4) is 6.07 Å². The monoisotopic (exact) mass is 294 g/mol. The fourth-order valence-corrected chi connectivity index (χ4v) is 2.51. The van der Waals surface area contributed by atoms with E-state index in [0.29, 0.717) is 15.6 Å². The molecule has 1 heterocycles. The predicted molar refractivity (Wildman–Crippen MR) is 75.0 cm³/mol. The van der Waals surface area contributed by atoms with Gasteiger partial charge in [-0.1, -0.05) is 29.3 Å². The van der Waals surface area contributed by atoms with E-state index in [2.05, 4.69) is 11.1 Å². The Bertz CT molecular complexity index is 608. The minimum atomic E-state index is 0.550. The van der Waals surface area contributed by atoms with Gasteiger partial charge in [-0.05, 0) is 29.8 Å². The van der Waals surface area contributed by atoms with Gasteiger partial charge in [0.2, 0.25) is 0 Å². The van der Waals surface area contributed by atoms with Crippen molar-refractivity contribution >= 4 is 35.0 Å². The second kappa shape index (κ2) is 6.10. The summed E-state index contributed by atoms with van der Waals surface area (Å²) in [6.07, 6.45) is 1.63. The van der Waals surface area contributed by atoms with Crippen LogP contribution in [0.25, 0.3) is 0 Å². The number of nitrogens with zero attached hydrogens (tertiary/aromatic N) is 2. The molecule has 0 aliphatic heterocycles. The van der Waals surface area contributed by atoms with Crippen molar-refractivity contribution < 1.29 is 0 Å². The molecule has 18 heavy (non-hydrogen) atoms. The number of hydrogen-bond acceptors (Lipinski definition) is 3. The van der Waals surface area contributed by atoms with E-state index in [1.165, 1.54) is 0 Å². The molecule has 0 fully saturated rings. The summed E-state index contributed by atoms with van der Waals surface area (Å²) in [5.41, 5.74) is 1.68. The molecule has 0 atom stereocenters.